The van der Waals surface area contributed by atoms with Gasteiger partial charge in [0.25, 0.3) is 5.91 Å². The van der Waals surface area contributed by atoms with Crippen LogP contribution < -0.4 is 16.2 Å². The first-order valence-corrected chi connectivity index (χ1v) is 7.56. The molecule has 0 radical (unpaired) electrons. The Balaban J connectivity index is 2.04. The molecule has 0 aromatic heterocycles. The highest BCUT2D eigenvalue weighted by Crippen LogP contribution is 2.20. The molecule has 2 aromatic carbocycles. The van der Waals surface area contributed by atoms with Crippen LogP contribution in [0.5, 0.6) is 0 Å². The third-order valence-corrected chi connectivity index (χ3v) is 3.13. The van der Waals surface area contributed by atoms with Gasteiger partial charge in [-0.25, -0.2) is 0 Å². The summed E-state index contributed by atoms with van der Waals surface area (Å²) in [5.41, 5.74) is 6.91. The van der Waals surface area contributed by atoms with E-state index in [1.165, 1.54) is 0 Å². The van der Waals surface area contributed by atoms with Gasteiger partial charge in [-0.05, 0) is 30.2 Å². The summed E-state index contributed by atoms with van der Waals surface area (Å²) < 4.78 is 0. The van der Waals surface area contributed by atoms with Gasteiger partial charge in [0, 0.05) is 12.1 Å². The molecule has 0 saturated carbocycles. The van der Waals surface area contributed by atoms with Gasteiger partial charge in [-0.1, -0.05) is 44.2 Å². The Labute approximate surface area is 136 Å². The number of carbonyl (C=O) groups excluding carboxylic acids is 2. The zero-order chi connectivity index (χ0) is 16.7. The van der Waals surface area contributed by atoms with Crippen LogP contribution >= 0.6 is 0 Å². The van der Waals surface area contributed by atoms with E-state index >= 15 is 0 Å². The summed E-state index contributed by atoms with van der Waals surface area (Å²) in [4.78, 5) is 23.9. The molecule has 5 nitrogen and oxygen atoms in total. The van der Waals surface area contributed by atoms with E-state index in [1.807, 2.05) is 56.3 Å². The topological polar surface area (TPSA) is 70.2 Å². The Morgan fingerprint density at radius 1 is 0.913 bits per heavy atom. The van der Waals surface area contributed by atoms with E-state index in [4.69, 9.17) is 0 Å². The average Bonchev–Trinajstić information content (AvgIpc) is 2.53. The monoisotopic (exact) mass is 311 g/mol. The fraction of sp³-hybridized carbons (Fsp3) is 0.222. The molecule has 0 unspecified atom stereocenters. The molecule has 3 N–H and O–H groups in total. The van der Waals surface area contributed by atoms with Crippen LogP contribution in [0.3, 0.4) is 0 Å². The first-order valence-electron chi connectivity index (χ1n) is 7.56. The van der Waals surface area contributed by atoms with Gasteiger partial charge in [0.15, 0.2) is 0 Å². The van der Waals surface area contributed by atoms with Crippen molar-refractivity contribution in [3.8, 4) is 0 Å². The molecule has 120 valence electrons. The third-order valence-electron chi connectivity index (χ3n) is 3.13. The molecule has 23 heavy (non-hydrogen) atoms. The van der Waals surface area contributed by atoms with Crippen LogP contribution in [0.25, 0.3) is 0 Å². The van der Waals surface area contributed by atoms with Crippen LogP contribution in [0.1, 0.15) is 30.6 Å². The molecular weight excluding hydrogens is 290 g/mol. The summed E-state index contributed by atoms with van der Waals surface area (Å²) in [6, 6.07) is 16.7. The molecule has 2 aromatic rings. The molecule has 0 spiro atoms. The average molecular weight is 311 g/mol. The predicted octanol–water partition coefficient (Wildman–Crippen LogP) is 3.24. The number of hydrazine groups is 1. The van der Waals surface area contributed by atoms with Crippen LogP contribution in [0.4, 0.5) is 11.4 Å². The van der Waals surface area contributed by atoms with Crippen molar-refractivity contribution in [2.45, 2.75) is 20.3 Å². The summed E-state index contributed by atoms with van der Waals surface area (Å²) in [5, 5.41) is 3.20. The minimum Gasteiger partial charge on any atom is -0.355 e. The maximum absolute atomic E-state index is 12.3. The summed E-state index contributed by atoms with van der Waals surface area (Å²) in [6.45, 7) is 3.89. The lowest BCUT2D eigenvalue weighted by molar-refractivity contribution is -0.122. The quantitative estimate of drug-likeness (QED) is 0.742. The van der Waals surface area contributed by atoms with E-state index in [2.05, 4.69) is 16.2 Å². The second-order valence-corrected chi connectivity index (χ2v) is 5.64. The van der Waals surface area contributed by atoms with E-state index < -0.39 is 0 Å². The fourth-order valence-electron chi connectivity index (χ4n) is 2.08. The summed E-state index contributed by atoms with van der Waals surface area (Å²) in [6.07, 6.45) is 0.365. The molecule has 0 aliphatic heterocycles. The minimum atomic E-state index is -0.360. The number of para-hydroxylation sites is 2. The Morgan fingerprint density at radius 3 is 2.26 bits per heavy atom. The van der Waals surface area contributed by atoms with E-state index in [9.17, 15) is 9.59 Å². The van der Waals surface area contributed by atoms with Crippen molar-refractivity contribution in [3.05, 3.63) is 60.2 Å². The number of rotatable bonds is 5. The van der Waals surface area contributed by atoms with Crippen molar-refractivity contribution >= 4 is 23.2 Å². The number of amides is 2. The second-order valence-electron chi connectivity index (χ2n) is 5.64. The highest BCUT2D eigenvalue weighted by atomic mass is 16.2. The summed E-state index contributed by atoms with van der Waals surface area (Å²) in [5.74, 6) is -0.332. The minimum absolute atomic E-state index is 0.207. The number of anilines is 2. The van der Waals surface area contributed by atoms with Crippen LogP contribution in [-0.2, 0) is 4.79 Å². The second kappa shape index (κ2) is 7.98. The Bertz CT molecular complexity index is 669. The SMILES string of the molecule is CC(C)CC(=O)NNC(=O)c1ccccc1Nc1ccccc1. The van der Waals surface area contributed by atoms with Crippen LogP contribution in [0, 0.1) is 5.92 Å². The highest BCUT2D eigenvalue weighted by molar-refractivity contribution is 6.01. The molecule has 0 atom stereocenters. The van der Waals surface area contributed by atoms with E-state index in [0.717, 1.165) is 5.69 Å². The Hall–Kier alpha value is -2.82. The first kappa shape index (κ1) is 16.5. The van der Waals surface area contributed by atoms with Gasteiger partial charge in [0.1, 0.15) is 0 Å². The number of hydrogen-bond acceptors (Lipinski definition) is 3. The normalized spacial score (nSPS) is 10.2. The van der Waals surface area contributed by atoms with Gasteiger partial charge < -0.3 is 5.32 Å². The molecule has 0 bridgehead atoms. The van der Waals surface area contributed by atoms with Gasteiger partial charge in [-0.2, -0.15) is 0 Å². The fourth-order valence-corrected chi connectivity index (χ4v) is 2.08. The van der Waals surface area contributed by atoms with Crippen molar-refractivity contribution in [1.82, 2.24) is 10.9 Å². The summed E-state index contributed by atoms with van der Waals surface area (Å²) in [7, 11) is 0. The zero-order valence-electron chi connectivity index (χ0n) is 13.3. The molecule has 0 aliphatic rings. The Kier molecular flexibility index (Phi) is 5.74. The van der Waals surface area contributed by atoms with Crippen LogP contribution in [-0.4, -0.2) is 11.8 Å². The molecule has 2 rings (SSSR count). The third kappa shape index (κ3) is 5.14. The smallest absolute Gasteiger partial charge is 0.271 e. The standard InChI is InChI=1S/C18H21N3O2/c1-13(2)12-17(22)20-21-18(23)15-10-6-7-11-16(15)19-14-8-4-3-5-9-14/h3-11,13,19H,12H2,1-2H3,(H,20,22)(H,21,23). The van der Waals surface area contributed by atoms with E-state index in [-0.39, 0.29) is 17.7 Å². The van der Waals surface area contributed by atoms with Crippen molar-refractivity contribution in [2.24, 2.45) is 5.92 Å². The maximum Gasteiger partial charge on any atom is 0.271 e. The highest BCUT2D eigenvalue weighted by Gasteiger charge is 2.12. The molecule has 0 fully saturated rings. The lowest BCUT2D eigenvalue weighted by Gasteiger charge is -2.13. The molecule has 0 aliphatic carbocycles. The van der Waals surface area contributed by atoms with Gasteiger partial charge >= 0.3 is 0 Å². The molecule has 0 saturated heterocycles. The number of benzene rings is 2. The van der Waals surface area contributed by atoms with E-state index in [0.29, 0.717) is 17.7 Å². The van der Waals surface area contributed by atoms with Crippen LogP contribution in [0.2, 0.25) is 0 Å². The van der Waals surface area contributed by atoms with Gasteiger partial charge in [0.2, 0.25) is 5.91 Å². The van der Waals surface area contributed by atoms with Crippen molar-refractivity contribution in [1.29, 1.82) is 0 Å². The van der Waals surface area contributed by atoms with Crippen molar-refractivity contribution < 1.29 is 9.59 Å². The zero-order valence-corrected chi connectivity index (χ0v) is 13.3. The van der Waals surface area contributed by atoms with Gasteiger partial charge in [-0.3, -0.25) is 20.4 Å². The predicted molar refractivity (Wildman–Crippen MR) is 91.2 cm³/mol. The maximum atomic E-state index is 12.3. The molecule has 0 heterocycles. The molecule has 2 amide bonds. The van der Waals surface area contributed by atoms with Gasteiger partial charge in [-0.15, -0.1) is 0 Å². The number of hydrogen-bond donors (Lipinski definition) is 3. The number of carbonyl (C=O) groups is 2. The molecular formula is C18H21N3O2. The van der Waals surface area contributed by atoms with Crippen molar-refractivity contribution in [3.63, 3.8) is 0 Å². The largest absolute Gasteiger partial charge is 0.355 e. The van der Waals surface area contributed by atoms with E-state index in [1.54, 1.807) is 12.1 Å². The molecule has 5 heteroatoms. The Morgan fingerprint density at radius 2 is 1.57 bits per heavy atom. The summed E-state index contributed by atoms with van der Waals surface area (Å²) >= 11 is 0. The van der Waals surface area contributed by atoms with Gasteiger partial charge in [0.05, 0.1) is 11.3 Å². The number of nitrogens with one attached hydrogen (secondary N) is 3. The first-order chi connectivity index (χ1) is 11.1. The van der Waals surface area contributed by atoms with Crippen molar-refractivity contribution in [2.75, 3.05) is 5.32 Å². The van der Waals surface area contributed by atoms with Crippen LogP contribution in [0.15, 0.2) is 54.6 Å². The lowest BCUT2D eigenvalue weighted by atomic mass is 10.1. The lowest BCUT2D eigenvalue weighted by Crippen LogP contribution is -2.42.